The summed E-state index contributed by atoms with van der Waals surface area (Å²) >= 11 is 0. The van der Waals surface area contributed by atoms with Crippen molar-refractivity contribution in [2.75, 3.05) is 22.1 Å². The Morgan fingerprint density at radius 3 is 2.72 bits per heavy atom. The van der Waals surface area contributed by atoms with Gasteiger partial charge in [0.05, 0.1) is 16.4 Å². The standard InChI is InChI=1S/C21H24N6O5/c1-2-13-5-3-4-10-26(13)21-24-18-17(20(30)25-21)15(11-16(28)23-18)19(29)22-12-6-8-14(9-7-12)27(31)32/h6-9,13,15H,2-5,10-11H2,1H3,(H,22,29)(H2,23,24,25,28,30)/t13-,15+/m0/s1. The highest BCUT2D eigenvalue weighted by molar-refractivity contribution is 6.04. The Labute approximate surface area is 183 Å². The smallest absolute Gasteiger partial charge is 0.269 e. The Kier molecular flexibility index (Phi) is 5.89. The molecule has 3 heterocycles. The predicted molar refractivity (Wildman–Crippen MR) is 118 cm³/mol. The average Bonchev–Trinajstić information content (AvgIpc) is 2.78. The van der Waals surface area contributed by atoms with E-state index in [4.69, 9.17) is 0 Å². The molecule has 2 amide bonds. The van der Waals surface area contributed by atoms with Crippen molar-refractivity contribution in [1.29, 1.82) is 0 Å². The fourth-order valence-corrected chi connectivity index (χ4v) is 4.32. The maximum atomic E-state index is 13.0. The average molecular weight is 440 g/mol. The van der Waals surface area contributed by atoms with Crippen LogP contribution in [0.25, 0.3) is 0 Å². The van der Waals surface area contributed by atoms with Gasteiger partial charge in [0.25, 0.3) is 11.2 Å². The first-order chi connectivity index (χ1) is 15.4. The van der Waals surface area contributed by atoms with Gasteiger partial charge >= 0.3 is 0 Å². The summed E-state index contributed by atoms with van der Waals surface area (Å²) in [5.41, 5.74) is -0.137. The predicted octanol–water partition coefficient (Wildman–Crippen LogP) is 2.51. The number of rotatable bonds is 5. The molecule has 2 atom stereocenters. The maximum Gasteiger partial charge on any atom is 0.269 e. The Hall–Kier alpha value is -3.76. The Morgan fingerprint density at radius 2 is 2.03 bits per heavy atom. The number of fused-ring (bicyclic) bond motifs is 1. The molecule has 2 aromatic rings. The number of carbonyl (C=O) groups is 2. The van der Waals surface area contributed by atoms with Crippen molar-refractivity contribution in [3.05, 3.63) is 50.3 Å². The number of nitro benzene ring substituents is 1. The van der Waals surface area contributed by atoms with Gasteiger partial charge in [-0.05, 0) is 37.8 Å². The number of nitro groups is 1. The number of H-pyrrole nitrogens is 1. The minimum atomic E-state index is -1.03. The van der Waals surface area contributed by atoms with Crippen LogP contribution in [-0.4, -0.2) is 39.3 Å². The van der Waals surface area contributed by atoms with Crippen LogP contribution >= 0.6 is 0 Å². The number of benzene rings is 1. The summed E-state index contributed by atoms with van der Waals surface area (Å²) in [5, 5.41) is 16.1. The van der Waals surface area contributed by atoms with Crippen LogP contribution in [0.4, 0.5) is 23.1 Å². The van der Waals surface area contributed by atoms with E-state index in [9.17, 15) is 24.5 Å². The molecular weight excluding hydrogens is 416 g/mol. The summed E-state index contributed by atoms with van der Waals surface area (Å²) in [6.45, 7) is 2.85. The quantitative estimate of drug-likeness (QED) is 0.477. The molecule has 1 fully saturated rings. The van der Waals surface area contributed by atoms with E-state index < -0.39 is 28.2 Å². The first-order valence-corrected chi connectivity index (χ1v) is 10.6. The number of amides is 2. The molecule has 0 radical (unpaired) electrons. The fourth-order valence-electron chi connectivity index (χ4n) is 4.32. The number of aromatic amines is 1. The molecular formula is C21H24N6O5. The van der Waals surface area contributed by atoms with Gasteiger partial charge in [-0.3, -0.25) is 29.5 Å². The molecule has 0 spiro atoms. The number of non-ortho nitro benzene ring substituents is 1. The molecule has 1 saturated heterocycles. The molecule has 11 heteroatoms. The zero-order valence-electron chi connectivity index (χ0n) is 17.6. The van der Waals surface area contributed by atoms with Crippen LogP contribution < -0.4 is 21.1 Å². The number of nitrogens with zero attached hydrogens (tertiary/aromatic N) is 3. The summed E-state index contributed by atoms with van der Waals surface area (Å²) in [6.07, 6.45) is 3.82. The highest BCUT2D eigenvalue weighted by atomic mass is 16.6. The van der Waals surface area contributed by atoms with Crippen LogP contribution in [0.2, 0.25) is 0 Å². The van der Waals surface area contributed by atoms with Crippen LogP contribution in [0.15, 0.2) is 29.1 Å². The second-order valence-corrected chi connectivity index (χ2v) is 8.00. The summed E-state index contributed by atoms with van der Waals surface area (Å²) in [7, 11) is 0. The third kappa shape index (κ3) is 4.18. The maximum absolute atomic E-state index is 13.0. The van der Waals surface area contributed by atoms with Gasteiger partial charge in [0.1, 0.15) is 5.82 Å². The SMILES string of the molecule is CC[C@H]1CCCCN1c1nc2c(c(=O)[nH]1)[C@H](C(=O)Nc1ccc([N+](=O)[O-])cc1)CC(=O)N2. The van der Waals surface area contributed by atoms with E-state index in [0.29, 0.717) is 11.6 Å². The van der Waals surface area contributed by atoms with Crippen molar-refractivity contribution in [2.45, 2.75) is 51.0 Å². The van der Waals surface area contributed by atoms with Gasteiger partial charge in [-0.2, -0.15) is 4.98 Å². The molecule has 0 saturated carbocycles. The second kappa shape index (κ2) is 8.77. The molecule has 32 heavy (non-hydrogen) atoms. The van der Waals surface area contributed by atoms with E-state index in [1.807, 2.05) is 0 Å². The van der Waals surface area contributed by atoms with E-state index >= 15 is 0 Å². The van der Waals surface area contributed by atoms with Gasteiger partial charge in [0, 0.05) is 36.8 Å². The zero-order chi connectivity index (χ0) is 22.8. The number of anilines is 3. The van der Waals surface area contributed by atoms with Gasteiger partial charge in [-0.1, -0.05) is 6.92 Å². The number of carbonyl (C=O) groups excluding carboxylic acids is 2. The van der Waals surface area contributed by atoms with Crippen molar-refractivity contribution in [3.8, 4) is 0 Å². The Balaban J connectivity index is 1.62. The summed E-state index contributed by atoms with van der Waals surface area (Å²) < 4.78 is 0. The van der Waals surface area contributed by atoms with Crippen molar-refractivity contribution in [2.24, 2.45) is 0 Å². The monoisotopic (exact) mass is 440 g/mol. The molecule has 11 nitrogen and oxygen atoms in total. The van der Waals surface area contributed by atoms with Gasteiger partial charge in [-0.25, -0.2) is 0 Å². The lowest BCUT2D eigenvalue weighted by Crippen LogP contribution is -2.43. The lowest BCUT2D eigenvalue weighted by molar-refractivity contribution is -0.384. The Morgan fingerprint density at radius 1 is 1.28 bits per heavy atom. The first kappa shape index (κ1) is 21.5. The highest BCUT2D eigenvalue weighted by Gasteiger charge is 2.35. The van der Waals surface area contributed by atoms with E-state index in [2.05, 4.69) is 32.4 Å². The lowest BCUT2D eigenvalue weighted by atomic mass is 9.92. The van der Waals surface area contributed by atoms with Crippen LogP contribution in [0, 0.1) is 10.1 Å². The van der Waals surface area contributed by atoms with E-state index in [1.165, 1.54) is 24.3 Å². The second-order valence-electron chi connectivity index (χ2n) is 8.00. The minimum absolute atomic E-state index is 0.101. The zero-order valence-corrected chi connectivity index (χ0v) is 17.6. The van der Waals surface area contributed by atoms with E-state index in [0.717, 1.165) is 32.2 Å². The third-order valence-electron chi connectivity index (χ3n) is 5.97. The van der Waals surface area contributed by atoms with Gasteiger partial charge in [0.15, 0.2) is 0 Å². The van der Waals surface area contributed by atoms with Crippen molar-refractivity contribution >= 4 is 35.0 Å². The molecule has 168 valence electrons. The fraction of sp³-hybridized carbons (Fsp3) is 0.429. The van der Waals surface area contributed by atoms with Crippen molar-refractivity contribution in [3.63, 3.8) is 0 Å². The number of nitrogens with one attached hydrogen (secondary N) is 3. The molecule has 2 aliphatic heterocycles. The molecule has 2 aliphatic rings. The van der Waals surface area contributed by atoms with Crippen molar-refractivity contribution in [1.82, 2.24) is 9.97 Å². The minimum Gasteiger partial charge on any atom is -0.339 e. The number of piperidine rings is 1. The topological polar surface area (TPSA) is 150 Å². The lowest BCUT2D eigenvalue weighted by Gasteiger charge is -2.36. The molecule has 1 aromatic carbocycles. The molecule has 0 bridgehead atoms. The molecule has 0 aliphatic carbocycles. The molecule has 1 aromatic heterocycles. The summed E-state index contributed by atoms with van der Waals surface area (Å²) in [4.78, 5) is 57.8. The van der Waals surface area contributed by atoms with Gasteiger partial charge < -0.3 is 15.5 Å². The summed E-state index contributed by atoms with van der Waals surface area (Å²) in [5.74, 6) is -1.49. The molecule has 3 N–H and O–H groups in total. The summed E-state index contributed by atoms with van der Waals surface area (Å²) in [6, 6.07) is 5.57. The third-order valence-corrected chi connectivity index (χ3v) is 5.97. The van der Waals surface area contributed by atoms with E-state index in [-0.39, 0.29) is 29.5 Å². The van der Waals surface area contributed by atoms with E-state index in [1.54, 1.807) is 0 Å². The normalized spacial score (nSPS) is 20.3. The van der Waals surface area contributed by atoms with Crippen molar-refractivity contribution < 1.29 is 14.5 Å². The first-order valence-electron chi connectivity index (χ1n) is 10.6. The number of hydrogen-bond donors (Lipinski definition) is 3. The van der Waals surface area contributed by atoms with Crippen LogP contribution in [0.5, 0.6) is 0 Å². The van der Waals surface area contributed by atoms with Crippen LogP contribution in [0.1, 0.15) is 50.5 Å². The molecule has 4 rings (SSSR count). The van der Waals surface area contributed by atoms with Crippen LogP contribution in [-0.2, 0) is 9.59 Å². The number of hydrogen-bond acceptors (Lipinski definition) is 7. The Bertz CT molecular complexity index is 1110. The number of aromatic nitrogens is 2. The van der Waals surface area contributed by atoms with Gasteiger partial charge in [-0.15, -0.1) is 0 Å². The van der Waals surface area contributed by atoms with Gasteiger partial charge in [0.2, 0.25) is 17.8 Å². The van der Waals surface area contributed by atoms with Crippen LogP contribution in [0.3, 0.4) is 0 Å². The molecule has 0 unspecified atom stereocenters. The largest absolute Gasteiger partial charge is 0.339 e. The highest BCUT2D eigenvalue weighted by Crippen LogP contribution is 2.32.